The fraction of sp³-hybridized carbons (Fsp3) is 0.222. The number of hydrogen-bond donors (Lipinski definition) is 2. The second-order valence-electron chi connectivity index (χ2n) is 3.12. The maximum atomic E-state index is 13.4. The van der Waals surface area contributed by atoms with Gasteiger partial charge in [-0.25, -0.2) is 14.2 Å². The van der Waals surface area contributed by atoms with E-state index in [2.05, 4.69) is 21.4 Å². The Labute approximate surface area is 94.8 Å². The minimum Gasteiger partial charge on any atom is -0.478 e. The molecule has 1 rings (SSSR count). The Bertz CT molecular complexity index is 396. The molecule has 0 spiro atoms. The molecule has 0 unspecified atom stereocenters. The number of anilines is 1. The predicted molar refractivity (Wildman–Crippen MR) is 58.4 cm³/mol. The van der Waals surface area contributed by atoms with Crippen LogP contribution in [0, 0.1) is 5.82 Å². The van der Waals surface area contributed by atoms with E-state index in [1.807, 2.05) is 0 Å². The van der Waals surface area contributed by atoms with E-state index < -0.39 is 11.8 Å². The van der Waals surface area contributed by atoms with Crippen molar-refractivity contribution in [1.29, 1.82) is 0 Å². The van der Waals surface area contributed by atoms with Crippen molar-refractivity contribution in [1.82, 2.24) is 5.01 Å². The maximum Gasteiger partial charge on any atom is 0.336 e. The van der Waals surface area contributed by atoms with Crippen molar-refractivity contribution in [2.24, 2.45) is 0 Å². The van der Waals surface area contributed by atoms with Crippen LogP contribution in [0.5, 0.6) is 0 Å². The highest BCUT2D eigenvalue weighted by molar-refractivity contribution is 9.10. The number of carboxylic acid groups (broad SMARTS) is 1. The normalized spacial score (nSPS) is 10.5. The molecule has 0 amide bonds. The Hall–Kier alpha value is -1.14. The molecule has 1 aromatic rings. The largest absolute Gasteiger partial charge is 0.478 e. The van der Waals surface area contributed by atoms with Crippen LogP contribution in [0.15, 0.2) is 16.6 Å². The van der Waals surface area contributed by atoms with Crippen molar-refractivity contribution < 1.29 is 14.3 Å². The molecule has 1 aromatic carbocycles. The summed E-state index contributed by atoms with van der Waals surface area (Å²) in [5, 5.41) is 10.3. The van der Waals surface area contributed by atoms with Crippen LogP contribution < -0.4 is 5.43 Å². The van der Waals surface area contributed by atoms with Gasteiger partial charge in [-0.1, -0.05) is 0 Å². The summed E-state index contributed by atoms with van der Waals surface area (Å²) in [4.78, 5) is 10.7. The molecule has 2 N–H and O–H groups in total. The zero-order valence-electron chi connectivity index (χ0n) is 8.21. The van der Waals surface area contributed by atoms with Crippen LogP contribution >= 0.6 is 15.9 Å². The van der Waals surface area contributed by atoms with E-state index in [1.54, 1.807) is 19.1 Å². The van der Waals surface area contributed by atoms with E-state index in [0.29, 0.717) is 4.47 Å². The third-order valence-electron chi connectivity index (χ3n) is 1.63. The molecule has 15 heavy (non-hydrogen) atoms. The van der Waals surface area contributed by atoms with E-state index in [4.69, 9.17) is 5.11 Å². The molecule has 0 aliphatic heterocycles. The molecule has 0 heterocycles. The van der Waals surface area contributed by atoms with Gasteiger partial charge in [0.2, 0.25) is 0 Å². The Morgan fingerprint density at radius 1 is 1.53 bits per heavy atom. The number of hydrogen-bond acceptors (Lipinski definition) is 3. The van der Waals surface area contributed by atoms with Crippen LogP contribution in [0.3, 0.4) is 0 Å². The molecule has 82 valence electrons. The number of nitrogens with zero attached hydrogens (tertiary/aromatic N) is 1. The van der Waals surface area contributed by atoms with Crippen molar-refractivity contribution >= 4 is 27.6 Å². The summed E-state index contributed by atoms with van der Waals surface area (Å²) in [5.41, 5.74) is 2.83. The van der Waals surface area contributed by atoms with Crippen LogP contribution in [-0.2, 0) is 0 Å². The second kappa shape index (κ2) is 4.59. The van der Waals surface area contributed by atoms with Gasteiger partial charge in [0, 0.05) is 18.6 Å². The minimum absolute atomic E-state index is 0.100. The van der Waals surface area contributed by atoms with Gasteiger partial charge in [-0.05, 0) is 28.1 Å². The SMILES string of the molecule is CN(C)Nc1cc(Br)c(C(=O)O)cc1F. The number of nitrogens with one attached hydrogen (secondary N) is 1. The maximum absolute atomic E-state index is 13.4. The van der Waals surface area contributed by atoms with Crippen LogP contribution in [0.1, 0.15) is 10.4 Å². The number of halogens is 2. The highest BCUT2D eigenvalue weighted by Gasteiger charge is 2.13. The van der Waals surface area contributed by atoms with Crippen LogP contribution in [-0.4, -0.2) is 30.2 Å². The molecule has 0 saturated carbocycles. The van der Waals surface area contributed by atoms with Gasteiger partial charge in [-0.2, -0.15) is 0 Å². The van der Waals surface area contributed by atoms with E-state index in [-0.39, 0.29) is 11.3 Å². The number of rotatable bonds is 3. The lowest BCUT2D eigenvalue weighted by atomic mass is 10.2. The molecule has 4 nitrogen and oxygen atoms in total. The number of carboxylic acids is 1. The zero-order valence-corrected chi connectivity index (χ0v) is 9.80. The lowest BCUT2D eigenvalue weighted by molar-refractivity contribution is 0.0695. The van der Waals surface area contributed by atoms with Gasteiger partial charge in [-0.15, -0.1) is 0 Å². The molecule has 6 heteroatoms. The Balaban J connectivity index is 3.13. The fourth-order valence-corrected chi connectivity index (χ4v) is 1.55. The second-order valence-corrected chi connectivity index (χ2v) is 3.98. The minimum atomic E-state index is -1.17. The lowest BCUT2D eigenvalue weighted by Gasteiger charge is -2.15. The number of carbonyl (C=O) groups is 1. The van der Waals surface area contributed by atoms with Gasteiger partial charge < -0.3 is 10.5 Å². The molecule has 0 saturated heterocycles. The van der Waals surface area contributed by atoms with Crippen LogP contribution in [0.4, 0.5) is 10.1 Å². The number of aromatic carboxylic acids is 1. The van der Waals surface area contributed by atoms with E-state index in [0.717, 1.165) is 6.07 Å². The van der Waals surface area contributed by atoms with Crippen molar-refractivity contribution in [2.75, 3.05) is 19.5 Å². The molecule has 0 aliphatic rings. The molecule has 0 fully saturated rings. The summed E-state index contributed by atoms with van der Waals surface area (Å²) < 4.78 is 13.7. The van der Waals surface area contributed by atoms with Crippen LogP contribution in [0.25, 0.3) is 0 Å². The first-order valence-corrected chi connectivity index (χ1v) is 4.87. The molecular weight excluding hydrogens is 267 g/mol. The van der Waals surface area contributed by atoms with Crippen molar-refractivity contribution in [3.05, 3.63) is 28.0 Å². The smallest absolute Gasteiger partial charge is 0.336 e. The van der Waals surface area contributed by atoms with Gasteiger partial charge in [0.25, 0.3) is 0 Å². The Morgan fingerprint density at radius 3 is 2.60 bits per heavy atom. The number of hydrazine groups is 1. The first kappa shape index (κ1) is 11.9. The topological polar surface area (TPSA) is 52.6 Å². The summed E-state index contributed by atoms with van der Waals surface area (Å²) in [7, 11) is 3.41. The van der Waals surface area contributed by atoms with Crippen molar-refractivity contribution in [3.63, 3.8) is 0 Å². The highest BCUT2D eigenvalue weighted by atomic mass is 79.9. The molecular formula is C9H10BrFN2O2. The van der Waals surface area contributed by atoms with Crippen molar-refractivity contribution in [2.45, 2.75) is 0 Å². The van der Waals surface area contributed by atoms with Gasteiger partial charge in [-0.3, -0.25) is 0 Å². The van der Waals surface area contributed by atoms with Crippen molar-refractivity contribution in [3.8, 4) is 0 Å². The molecule has 0 aromatic heterocycles. The Morgan fingerprint density at radius 2 is 2.13 bits per heavy atom. The predicted octanol–water partition coefficient (Wildman–Crippen LogP) is 2.17. The molecule has 0 radical (unpaired) electrons. The average molecular weight is 277 g/mol. The summed E-state index contributed by atoms with van der Waals surface area (Å²) >= 11 is 3.07. The molecule has 0 atom stereocenters. The first-order valence-electron chi connectivity index (χ1n) is 4.08. The monoisotopic (exact) mass is 276 g/mol. The van der Waals surface area contributed by atoms with Crippen LogP contribution in [0.2, 0.25) is 0 Å². The summed E-state index contributed by atoms with van der Waals surface area (Å²) in [6.07, 6.45) is 0. The van der Waals surface area contributed by atoms with Gasteiger partial charge in [0.15, 0.2) is 0 Å². The van der Waals surface area contributed by atoms with E-state index >= 15 is 0 Å². The summed E-state index contributed by atoms with van der Waals surface area (Å²) in [6, 6.07) is 2.36. The lowest BCUT2D eigenvalue weighted by Crippen LogP contribution is -2.20. The third kappa shape index (κ3) is 2.90. The zero-order chi connectivity index (χ0) is 11.6. The molecule has 0 aliphatic carbocycles. The van der Waals surface area contributed by atoms with Gasteiger partial charge in [0.1, 0.15) is 5.82 Å². The quantitative estimate of drug-likeness (QED) is 0.831. The van der Waals surface area contributed by atoms with E-state index in [9.17, 15) is 9.18 Å². The van der Waals surface area contributed by atoms with E-state index in [1.165, 1.54) is 6.07 Å². The summed E-state index contributed by atoms with van der Waals surface area (Å²) in [6.45, 7) is 0. The van der Waals surface area contributed by atoms with Gasteiger partial charge in [0.05, 0.1) is 11.3 Å². The highest BCUT2D eigenvalue weighted by Crippen LogP contribution is 2.25. The fourth-order valence-electron chi connectivity index (χ4n) is 1.04. The molecule has 0 bridgehead atoms. The summed E-state index contributed by atoms with van der Waals surface area (Å²) in [5.74, 6) is -1.78. The number of benzene rings is 1. The Kier molecular flexibility index (Phi) is 3.65. The average Bonchev–Trinajstić information content (AvgIpc) is 2.09. The standard InChI is InChI=1S/C9H10BrFN2O2/c1-13(2)12-8-4-6(10)5(9(14)15)3-7(8)11/h3-4,12H,1-2H3,(H,14,15). The van der Waals surface area contributed by atoms with Gasteiger partial charge >= 0.3 is 5.97 Å². The third-order valence-corrected chi connectivity index (χ3v) is 2.29. The first-order chi connectivity index (χ1) is 6.91.